The third kappa shape index (κ3) is 4.31. The summed E-state index contributed by atoms with van der Waals surface area (Å²) in [5.41, 5.74) is -3.81. The normalized spacial score (nSPS) is 16.5. The molecule has 0 spiro atoms. The summed E-state index contributed by atoms with van der Waals surface area (Å²) in [7, 11) is -2.10. The van der Waals surface area contributed by atoms with Gasteiger partial charge in [0.1, 0.15) is 0 Å². The van der Waals surface area contributed by atoms with Crippen LogP contribution in [0.25, 0.3) is 0 Å². The molecule has 1 N–H and O–H groups in total. The largest absolute Gasteiger partial charge is 0.436 e. The summed E-state index contributed by atoms with van der Waals surface area (Å²) >= 11 is 0. The molecule has 0 aliphatic carbocycles. The van der Waals surface area contributed by atoms with Crippen LogP contribution in [0.5, 0.6) is 0 Å². The first kappa shape index (κ1) is 20.5. The van der Waals surface area contributed by atoms with Gasteiger partial charge in [-0.15, -0.1) is 0 Å². The third-order valence-electron chi connectivity index (χ3n) is 3.04. The number of ether oxygens (including phenoxy) is 1. The number of rotatable bonds is 6. The van der Waals surface area contributed by atoms with Crippen LogP contribution in [0.3, 0.4) is 0 Å². The minimum absolute atomic E-state index is 0.315. The number of nitro groups is 1. The SMILES string of the molecule is CCOC(N[S@](=O)C(C)(C)C)(c1ccc([N+](=O)[O-])cc1)C(F)(F)F. The van der Waals surface area contributed by atoms with Gasteiger partial charge in [0.25, 0.3) is 11.4 Å². The maximum atomic E-state index is 13.8. The van der Waals surface area contributed by atoms with Gasteiger partial charge in [0.05, 0.1) is 20.7 Å². The molecule has 6 nitrogen and oxygen atoms in total. The molecule has 24 heavy (non-hydrogen) atoms. The molecular formula is C14H19F3N2O4S. The molecule has 136 valence electrons. The molecule has 2 atom stereocenters. The van der Waals surface area contributed by atoms with Crippen molar-refractivity contribution in [3.63, 3.8) is 0 Å². The zero-order valence-electron chi connectivity index (χ0n) is 13.6. The van der Waals surface area contributed by atoms with Crippen LogP contribution in [0.4, 0.5) is 18.9 Å². The van der Waals surface area contributed by atoms with Crippen LogP contribution in [-0.4, -0.2) is 26.7 Å². The third-order valence-corrected chi connectivity index (χ3v) is 4.62. The Bertz CT molecular complexity index is 614. The van der Waals surface area contributed by atoms with Gasteiger partial charge < -0.3 is 4.74 Å². The number of nitrogens with one attached hydrogen (secondary N) is 1. The second-order valence-corrected chi connectivity index (χ2v) is 7.87. The Hall–Kier alpha value is -1.52. The van der Waals surface area contributed by atoms with Crippen molar-refractivity contribution in [3.05, 3.63) is 39.9 Å². The quantitative estimate of drug-likeness (QED) is 0.474. The van der Waals surface area contributed by atoms with Crippen LogP contribution in [0.1, 0.15) is 33.3 Å². The van der Waals surface area contributed by atoms with Gasteiger partial charge in [0.2, 0.25) is 0 Å². The summed E-state index contributed by atoms with van der Waals surface area (Å²) in [5.74, 6) is 0. The predicted octanol–water partition coefficient (Wildman–Crippen LogP) is 3.40. The Morgan fingerprint density at radius 3 is 2.04 bits per heavy atom. The van der Waals surface area contributed by atoms with Gasteiger partial charge in [0.15, 0.2) is 0 Å². The zero-order chi connectivity index (χ0) is 18.8. The standard InChI is InChI=1S/C14H19F3N2O4S/c1-5-23-13(14(15,16)17,18-24(22)12(2,3)4)10-6-8-11(9-7-10)19(20)21/h6-9,18H,5H2,1-4H3/t13?,24-/m1/s1. The first-order chi connectivity index (χ1) is 10.8. The Morgan fingerprint density at radius 1 is 1.21 bits per heavy atom. The van der Waals surface area contributed by atoms with E-state index in [2.05, 4.69) is 0 Å². The topological polar surface area (TPSA) is 81.5 Å². The lowest BCUT2D eigenvalue weighted by Crippen LogP contribution is -2.58. The summed E-state index contributed by atoms with van der Waals surface area (Å²) in [5, 5.41) is 10.7. The van der Waals surface area contributed by atoms with Gasteiger partial charge in [-0.25, -0.2) is 4.21 Å². The van der Waals surface area contributed by atoms with E-state index in [0.29, 0.717) is 0 Å². The molecule has 0 bridgehead atoms. The number of nitrogens with zero attached hydrogens (tertiary/aromatic N) is 1. The summed E-state index contributed by atoms with van der Waals surface area (Å²) in [6.07, 6.45) is -4.94. The van der Waals surface area contributed by atoms with Crippen molar-refractivity contribution in [1.82, 2.24) is 4.72 Å². The Morgan fingerprint density at radius 2 is 1.71 bits per heavy atom. The molecule has 1 aromatic carbocycles. The van der Waals surface area contributed by atoms with Gasteiger partial charge >= 0.3 is 6.18 Å². The van der Waals surface area contributed by atoms with Crippen molar-refractivity contribution in [2.24, 2.45) is 0 Å². The number of halogens is 3. The van der Waals surface area contributed by atoms with Crippen LogP contribution in [0, 0.1) is 10.1 Å². The Kier molecular flexibility index (Phi) is 6.12. The van der Waals surface area contributed by atoms with E-state index in [4.69, 9.17) is 4.74 Å². The highest BCUT2D eigenvalue weighted by molar-refractivity contribution is 7.84. The Labute approximate surface area is 140 Å². The van der Waals surface area contributed by atoms with Gasteiger partial charge in [-0.2, -0.15) is 17.9 Å². The van der Waals surface area contributed by atoms with E-state index in [-0.39, 0.29) is 12.3 Å². The van der Waals surface area contributed by atoms with Crippen LogP contribution in [0.2, 0.25) is 0 Å². The molecule has 0 radical (unpaired) electrons. The molecule has 0 fully saturated rings. The molecule has 0 amide bonds. The monoisotopic (exact) mass is 368 g/mol. The number of alkyl halides is 3. The van der Waals surface area contributed by atoms with Crippen molar-refractivity contribution < 1.29 is 27.0 Å². The smallest absolute Gasteiger partial charge is 0.348 e. The van der Waals surface area contributed by atoms with Gasteiger partial charge in [-0.1, -0.05) is 0 Å². The first-order valence-corrected chi connectivity index (χ1v) is 8.15. The Balaban J connectivity index is 3.46. The molecule has 0 heterocycles. The van der Waals surface area contributed by atoms with E-state index >= 15 is 0 Å². The highest BCUT2D eigenvalue weighted by Crippen LogP contribution is 2.41. The molecule has 0 saturated carbocycles. The maximum absolute atomic E-state index is 13.8. The summed E-state index contributed by atoms with van der Waals surface area (Å²) < 4.78 is 59.7. The van der Waals surface area contributed by atoms with Crippen molar-refractivity contribution in [2.45, 2.75) is 44.3 Å². The minimum Gasteiger partial charge on any atom is -0.348 e. The lowest BCUT2D eigenvalue weighted by molar-refractivity contribution is -0.384. The molecule has 0 aliphatic heterocycles. The second kappa shape index (κ2) is 7.16. The zero-order valence-corrected chi connectivity index (χ0v) is 14.5. The lowest BCUT2D eigenvalue weighted by atomic mass is 10.0. The number of hydrogen-bond donors (Lipinski definition) is 1. The highest BCUT2D eigenvalue weighted by Gasteiger charge is 2.59. The van der Waals surface area contributed by atoms with E-state index in [1.54, 1.807) is 0 Å². The van der Waals surface area contributed by atoms with Crippen LogP contribution < -0.4 is 4.72 Å². The van der Waals surface area contributed by atoms with E-state index in [0.717, 1.165) is 24.3 Å². The van der Waals surface area contributed by atoms with Crippen molar-refractivity contribution in [1.29, 1.82) is 0 Å². The molecule has 1 unspecified atom stereocenters. The molecule has 0 aromatic heterocycles. The highest BCUT2D eigenvalue weighted by atomic mass is 32.2. The molecule has 10 heteroatoms. The van der Waals surface area contributed by atoms with E-state index < -0.39 is 38.1 Å². The van der Waals surface area contributed by atoms with Gasteiger partial charge in [0, 0.05) is 24.3 Å². The summed E-state index contributed by atoms with van der Waals surface area (Å²) in [6.45, 7) is 5.59. The summed E-state index contributed by atoms with van der Waals surface area (Å²) in [6, 6.07) is 3.76. The minimum atomic E-state index is -4.94. The molecule has 0 aliphatic rings. The van der Waals surface area contributed by atoms with Gasteiger partial charge in [-0.05, 0) is 39.8 Å². The first-order valence-electron chi connectivity index (χ1n) is 7.00. The van der Waals surface area contributed by atoms with E-state index in [1.807, 2.05) is 4.72 Å². The van der Waals surface area contributed by atoms with Crippen molar-refractivity contribution in [3.8, 4) is 0 Å². The van der Waals surface area contributed by atoms with E-state index in [1.165, 1.54) is 27.7 Å². The fourth-order valence-corrected chi connectivity index (χ4v) is 2.65. The average molecular weight is 368 g/mol. The number of hydrogen-bond acceptors (Lipinski definition) is 4. The van der Waals surface area contributed by atoms with Crippen LogP contribution in [-0.2, 0) is 21.4 Å². The molecule has 1 rings (SSSR count). The molecule has 0 saturated heterocycles. The number of benzene rings is 1. The summed E-state index contributed by atoms with van der Waals surface area (Å²) in [4.78, 5) is 9.96. The van der Waals surface area contributed by atoms with Gasteiger partial charge in [-0.3, -0.25) is 10.1 Å². The number of non-ortho nitro benzene ring substituents is 1. The van der Waals surface area contributed by atoms with Crippen LogP contribution in [0.15, 0.2) is 24.3 Å². The molecule has 1 aromatic rings. The predicted molar refractivity (Wildman–Crippen MR) is 83.5 cm³/mol. The average Bonchev–Trinajstić information content (AvgIpc) is 2.44. The maximum Gasteiger partial charge on any atom is 0.436 e. The second-order valence-electron chi connectivity index (χ2n) is 5.90. The van der Waals surface area contributed by atoms with Crippen molar-refractivity contribution in [2.75, 3.05) is 6.61 Å². The fourth-order valence-electron chi connectivity index (χ4n) is 1.79. The lowest BCUT2D eigenvalue weighted by Gasteiger charge is -2.37. The van der Waals surface area contributed by atoms with Crippen LogP contribution >= 0.6 is 0 Å². The fraction of sp³-hybridized carbons (Fsp3) is 0.571. The van der Waals surface area contributed by atoms with E-state index in [9.17, 15) is 27.5 Å². The number of nitro benzene ring substituents is 1. The van der Waals surface area contributed by atoms with Crippen molar-refractivity contribution >= 4 is 16.7 Å². The molecular weight excluding hydrogens is 349 g/mol.